The van der Waals surface area contributed by atoms with Crippen molar-refractivity contribution >= 4 is 17.4 Å². The van der Waals surface area contributed by atoms with E-state index in [1.807, 2.05) is 49.3 Å². The van der Waals surface area contributed by atoms with Crippen molar-refractivity contribution in [3.8, 4) is 11.4 Å². The number of nitrogens with zero attached hydrogens (tertiary/aromatic N) is 3. The monoisotopic (exact) mass is 345 g/mol. The Kier molecular flexibility index (Phi) is 4.85. The number of pyridine rings is 1. The fourth-order valence-electron chi connectivity index (χ4n) is 2.80. The molecular weight excluding hydrogens is 322 g/mol. The van der Waals surface area contributed by atoms with Gasteiger partial charge in [-0.25, -0.2) is 9.78 Å². The van der Waals surface area contributed by atoms with Crippen LogP contribution in [0, 0.1) is 0 Å². The Morgan fingerprint density at radius 1 is 1.29 bits per heavy atom. The predicted molar refractivity (Wildman–Crippen MR) is 94.9 cm³/mol. The van der Waals surface area contributed by atoms with E-state index in [4.69, 9.17) is 9.72 Å². The number of aromatic nitrogens is 2. The molecule has 0 N–H and O–H groups in total. The molecule has 2 aromatic rings. The Bertz CT molecular complexity index is 694. The Morgan fingerprint density at radius 2 is 2.12 bits per heavy atom. The van der Waals surface area contributed by atoms with E-state index in [0.717, 1.165) is 42.2 Å². The fraction of sp³-hybridized carbons (Fsp3) is 0.500. The third kappa shape index (κ3) is 3.93. The summed E-state index contributed by atoms with van der Waals surface area (Å²) in [7, 11) is 0. The summed E-state index contributed by atoms with van der Waals surface area (Å²) in [6, 6.07) is 5.79. The molecule has 1 unspecified atom stereocenters. The molecule has 0 radical (unpaired) electrons. The largest absolute Gasteiger partial charge is 0.444 e. The van der Waals surface area contributed by atoms with Crippen LogP contribution < -0.4 is 0 Å². The van der Waals surface area contributed by atoms with Gasteiger partial charge in [0.1, 0.15) is 10.6 Å². The van der Waals surface area contributed by atoms with Gasteiger partial charge in [-0.3, -0.25) is 9.88 Å². The van der Waals surface area contributed by atoms with E-state index in [2.05, 4.69) is 4.98 Å². The van der Waals surface area contributed by atoms with Crippen molar-refractivity contribution < 1.29 is 9.53 Å². The molecule has 24 heavy (non-hydrogen) atoms. The number of ether oxygens (including phenoxy) is 1. The molecule has 1 aliphatic heterocycles. The SMILES string of the molecule is CC(C)(C)OC(=O)N1CCCCC1c1nc(-c2ccccn2)cs1. The minimum atomic E-state index is -0.485. The number of amides is 1. The van der Waals surface area contributed by atoms with Gasteiger partial charge in [-0.2, -0.15) is 0 Å². The molecule has 6 heteroatoms. The lowest BCUT2D eigenvalue weighted by atomic mass is 10.0. The first-order chi connectivity index (χ1) is 11.4. The summed E-state index contributed by atoms with van der Waals surface area (Å²) in [4.78, 5) is 23.5. The average Bonchev–Trinajstić information content (AvgIpc) is 3.04. The second-order valence-corrected chi connectivity index (χ2v) is 7.86. The van der Waals surface area contributed by atoms with Crippen LogP contribution >= 0.6 is 11.3 Å². The molecule has 2 aromatic heterocycles. The molecule has 0 saturated carbocycles. The van der Waals surface area contributed by atoms with E-state index >= 15 is 0 Å². The Labute approximate surface area is 146 Å². The van der Waals surface area contributed by atoms with Crippen molar-refractivity contribution in [2.24, 2.45) is 0 Å². The van der Waals surface area contributed by atoms with Gasteiger partial charge >= 0.3 is 6.09 Å². The van der Waals surface area contributed by atoms with Crippen LogP contribution in [0.25, 0.3) is 11.4 Å². The molecule has 0 aliphatic carbocycles. The highest BCUT2D eigenvalue weighted by Crippen LogP contribution is 2.35. The van der Waals surface area contributed by atoms with E-state index in [1.165, 1.54) is 0 Å². The summed E-state index contributed by atoms with van der Waals surface area (Å²) < 4.78 is 5.57. The van der Waals surface area contributed by atoms with Crippen LogP contribution in [-0.4, -0.2) is 33.1 Å². The minimum Gasteiger partial charge on any atom is -0.444 e. The van der Waals surface area contributed by atoms with Crippen LogP contribution in [0.2, 0.25) is 0 Å². The average molecular weight is 345 g/mol. The summed E-state index contributed by atoms with van der Waals surface area (Å²) in [6.07, 6.45) is 4.55. The van der Waals surface area contributed by atoms with Crippen molar-refractivity contribution in [2.45, 2.75) is 51.7 Å². The Balaban J connectivity index is 1.81. The first-order valence-electron chi connectivity index (χ1n) is 8.30. The van der Waals surface area contributed by atoms with Gasteiger partial charge in [0.2, 0.25) is 0 Å². The molecule has 1 fully saturated rings. The number of carbonyl (C=O) groups is 1. The van der Waals surface area contributed by atoms with E-state index in [0.29, 0.717) is 0 Å². The van der Waals surface area contributed by atoms with Gasteiger partial charge in [0.05, 0.1) is 17.4 Å². The van der Waals surface area contributed by atoms with Gasteiger partial charge in [-0.1, -0.05) is 6.07 Å². The number of hydrogen-bond donors (Lipinski definition) is 0. The third-order valence-electron chi connectivity index (χ3n) is 3.87. The van der Waals surface area contributed by atoms with Crippen molar-refractivity contribution in [3.05, 3.63) is 34.8 Å². The summed E-state index contributed by atoms with van der Waals surface area (Å²) >= 11 is 1.59. The van der Waals surface area contributed by atoms with Crippen LogP contribution in [0.3, 0.4) is 0 Å². The number of piperidine rings is 1. The van der Waals surface area contributed by atoms with E-state index in [-0.39, 0.29) is 12.1 Å². The summed E-state index contributed by atoms with van der Waals surface area (Å²) in [5.41, 5.74) is 1.24. The predicted octanol–water partition coefficient (Wildman–Crippen LogP) is 4.67. The standard InChI is InChI=1S/C18H23N3O2S/c1-18(2,3)23-17(22)21-11-7-5-9-15(21)16-20-14(12-24-16)13-8-4-6-10-19-13/h4,6,8,10,12,15H,5,7,9,11H2,1-3H3. The molecular formula is C18H23N3O2S. The fourth-order valence-corrected chi connectivity index (χ4v) is 3.76. The third-order valence-corrected chi connectivity index (χ3v) is 4.81. The molecule has 0 spiro atoms. The lowest BCUT2D eigenvalue weighted by molar-refractivity contribution is 0.00950. The zero-order valence-electron chi connectivity index (χ0n) is 14.4. The maximum Gasteiger partial charge on any atom is 0.410 e. The van der Waals surface area contributed by atoms with Gasteiger partial charge in [-0.15, -0.1) is 11.3 Å². The minimum absolute atomic E-state index is 0.00365. The first kappa shape index (κ1) is 16.9. The smallest absolute Gasteiger partial charge is 0.410 e. The highest BCUT2D eigenvalue weighted by Gasteiger charge is 2.33. The number of hydrogen-bond acceptors (Lipinski definition) is 5. The Hall–Kier alpha value is -1.95. The van der Waals surface area contributed by atoms with Crippen molar-refractivity contribution in [3.63, 3.8) is 0 Å². The van der Waals surface area contributed by atoms with Gasteiger partial charge in [0.25, 0.3) is 0 Å². The molecule has 3 rings (SSSR count). The molecule has 3 heterocycles. The van der Waals surface area contributed by atoms with Crippen molar-refractivity contribution in [1.29, 1.82) is 0 Å². The van der Waals surface area contributed by atoms with Gasteiger partial charge in [-0.05, 0) is 52.2 Å². The van der Waals surface area contributed by atoms with Gasteiger partial charge < -0.3 is 4.74 Å². The molecule has 1 atom stereocenters. The molecule has 1 amide bonds. The normalized spacial score (nSPS) is 18.5. The van der Waals surface area contributed by atoms with E-state index in [9.17, 15) is 4.79 Å². The molecule has 0 aromatic carbocycles. The second kappa shape index (κ2) is 6.89. The summed E-state index contributed by atoms with van der Waals surface area (Å²) in [5, 5.41) is 2.97. The highest BCUT2D eigenvalue weighted by atomic mass is 32.1. The highest BCUT2D eigenvalue weighted by molar-refractivity contribution is 7.10. The number of rotatable bonds is 2. The van der Waals surface area contributed by atoms with Crippen LogP contribution in [-0.2, 0) is 4.74 Å². The number of carbonyl (C=O) groups excluding carboxylic acids is 1. The van der Waals surface area contributed by atoms with Crippen LogP contribution in [0.4, 0.5) is 4.79 Å². The van der Waals surface area contributed by atoms with Crippen molar-refractivity contribution in [1.82, 2.24) is 14.9 Å². The zero-order chi connectivity index (χ0) is 17.2. The van der Waals surface area contributed by atoms with E-state index in [1.54, 1.807) is 17.5 Å². The summed E-state index contributed by atoms with van der Waals surface area (Å²) in [6.45, 7) is 6.41. The molecule has 1 saturated heterocycles. The summed E-state index contributed by atoms with van der Waals surface area (Å²) in [5.74, 6) is 0. The lowest BCUT2D eigenvalue weighted by Crippen LogP contribution is -2.41. The molecule has 5 nitrogen and oxygen atoms in total. The second-order valence-electron chi connectivity index (χ2n) is 6.97. The van der Waals surface area contributed by atoms with Crippen molar-refractivity contribution in [2.75, 3.05) is 6.54 Å². The topological polar surface area (TPSA) is 55.3 Å². The van der Waals surface area contributed by atoms with Gasteiger partial charge in [0.15, 0.2) is 0 Å². The molecule has 1 aliphatic rings. The van der Waals surface area contributed by atoms with Crippen LogP contribution in [0.1, 0.15) is 51.1 Å². The van der Waals surface area contributed by atoms with Crippen LogP contribution in [0.5, 0.6) is 0 Å². The first-order valence-corrected chi connectivity index (χ1v) is 9.18. The number of thiazole rings is 1. The molecule has 0 bridgehead atoms. The quantitative estimate of drug-likeness (QED) is 0.794. The van der Waals surface area contributed by atoms with E-state index < -0.39 is 5.60 Å². The van der Waals surface area contributed by atoms with Crippen LogP contribution in [0.15, 0.2) is 29.8 Å². The maximum atomic E-state index is 12.5. The number of likely N-dealkylation sites (tertiary alicyclic amines) is 1. The lowest BCUT2D eigenvalue weighted by Gasteiger charge is -2.35. The zero-order valence-corrected chi connectivity index (χ0v) is 15.2. The molecule has 128 valence electrons. The Morgan fingerprint density at radius 3 is 2.83 bits per heavy atom. The van der Waals surface area contributed by atoms with Gasteiger partial charge in [0, 0.05) is 18.1 Å². The maximum absolute atomic E-state index is 12.5.